The van der Waals surface area contributed by atoms with Gasteiger partial charge in [0.25, 0.3) is 0 Å². The van der Waals surface area contributed by atoms with Crippen LogP contribution in [0.2, 0.25) is 0 Å². The van der Waals surface area contributed by atoms with Crippen LogP contribution in [0, 0.1) is 0 Å². The van der Waals surface area contributed by atoms with E-state index in [-0.39, 0.29) is 24.4 Å². The van der Waals surface area contributed by atoms with Gasteiger partial charge in [0.1, 0.15) is 6.54 Å². The average Bonchev–Trinajstić information content (AvgIpc) is 3.07. The summed E-state index contributed by atoms with van der Waals surface area (Å²) in [5, 5.41) is 0. The van der Waals surface area contributed by atoms with Gasteiger partial charge in [-0.15, -0.1) is 0 Å². The third-order valence-corrected chi connectivity index (χ3v) is 5.96. The quantitative estimate of drug-likeness (QED) is 0.682. The van der Waals surface area contributed by atoms with E-state index >= 15 is 0 Å². The number of hydrogen-bond acceptors (Lipinski definition) is 5. The number of carbonyl (C=O) groups is 1. The molecule has 1 unspecified atom stereocenters. The van der Waals surface area contributed by atoms with E-state index in [1.807, 2.05) is 0 Å². The van der Waals surface area contributed by atoms with Crippen LogP contribution in [-0.4, -0.2) is 56.9 Å². The van der Waals surface area contributed by atoms with E-state index in [4.69, 9.17) is 4.74 Å². The number of sulfonamides is 1. The number of methoxy groups -OCH3 is 1. The van der Waals surface area contributed by atoms with Crippen molar-refractivity contribution in [2.45, 2.75) is 50.7 Å². The Labute approximate surface area is 120 Å². The number of hydrogen-bond donors (Lipinski definition) is 0. The molecule has 1 aliphatic heterocycles. The SMILES string of the molecule is COC(=O)CN(C1CCCC1)S(=O)(=O)CC1CCCO1. The highest BCUT2D eigenvalue weighted by Crippen LogP contribution is 2.27. The lowest BCUT2D eigenvalue weighted by Gasteiger charge is -2.28. The Hall–Kier alpha value is -0.660. The van der Waals surface area contributed by atoms with Crippen LogP contribution < -0.4 is 0 Å². The van der Waals surface area contributed by atoms with Gasteiger partial charge in [-0.1, -0.05) is 12.8 Å². The maximum atomic E-state index is 12.6. The molecule has 6 nitrogen and oxygen atoms in total. The fourth-order valence-electron chi connectivity index (χ4n) is 2.95. The Morgan fingerprint density at radius 2 is 1.95 bits per heavy atom. The maximum absolute atomic E-state index is 12.6. The predicted octanol–water partition coefficient (Wildman–Crippen LogP) is 0.913. The summed E-state index contributed by atoms with van der Waals surface area (Å²) in [6, 6.07) is -0.0690. The molecule has 2 fully saturated rings. The summed E-state index contributed by atoms with van der Waals surface area (Å²) in [5.41, 5.74) is 0. The van der Waals surface area contributed by atoms with Crippen molar-refractivity contribution < 1.29 is 22.7 Å². The van der Waals surface area contributed by atoms with Gasteiger partial charge >= 0.3 is 5.97 Å². The van der Waals surface area contributed by atoms with Crippen LogP contribution in [0.4, 0.5) is 0 Å². The van der Waals surface area contributed by atoms with Crippen LogP contribution >= 0.6 is 0 Å². The zero-order valence-electron chi connectivity index (χ0n) is 11.9. The first kappa shape index (κ1) is 15.7. The molecule has 0 bridgehead atoms. The van der Waals surface area contributed by atoms with E-state index in [1.54, 1.807) is 0 Å². The van der Waals surface area contributed by atoms with Gasteiger partial charge in [-0.3, -0.25) is 4.79 Å². The average molecular weight is 305 g/mol. The molecule has 1 heterocycles. The first-order valence-electron chi connectivity index (χ1n) is 7.21. The van der Waals surface area contributed by atoms with E-state index < -0.39 is 16.0 Å². The molecule has 0 N–H and O–H groups in total. The smallest absolute Gasteiger partial charge is 0.321 e. The highest BCUT2D eigenvalue weighted by Gasteiger charge is 2.36. The Morgan fingerprint density at radius 1 is 1.25 bits per heavy atom. The molecule has 1 saturated heterocycles. The van der Waals surface area contributed by atoms with Gasteiger partial charge in [0.2, 0.25) is 10.0 Å². The summed E-state index contributed by atoms with van der Waals surface area (Å²) in [6.45, 7) is 0.441. The molecule has 7 heteroatoms. The monoisotopic (exact) mass is 305 g/mol. The predicted molar refractivity (Wildman–Crippen MR) is 73.7 cm³/mol. The van der Waals surface area contributed by atoms with Crippen LogP contribution in [0.5, 0.6) is 0 Å². The summed E-state index contributed by atoms with van der Waals surface area (Å²) >= 11 is 0. The van der Waals surface area contributed by atoms with Gasteiger partial charge in [0.05, 0.1) is 19.0 Å². The molecule has 1 atom stereocenters. The molecule has 20 heavy (non-hydrogen) atoms. The third-order valence-electron chi connectivity index (χ3n) is 4.02. The second kappa shape index (κ2) is 6.87. The third kappa shape index (κ3) is 3.93. The van der Waals surface area contributed by atoms with Crippen molar-refractivity contribution in [3.63, 3.8) is 0 Å². The van der Waals surface area contributed by atoms with Crippen LogP contribution in [0.1, 0.15) is 38.5 Å². The summed E-state index contributed by atoms with van der Waals surface area (Å²) < 4.78 is 36.5. The van der Waals surface area contributed by atoms with Crippen molar-refractivity contribution in [1.29, 1.82) is 0 Å². The zero-order valence-corrected chi connectivity index (χ0v) is 12.7. The highest BCUT2D eigenvalue weighted by atomic mass is 32.2. The van der Waals surface area contributed by atoms with Crippen molar-refractivity contribution in [2.24, 2.45) is 0 Å². The van der Waals surface area contributed by atoms with E-state index in [0.717, 1.165) is 38.5 Å². The first-order chi connectivity index (χ1) is 9.53. The first-order valence-corrected chi connectivity index (χ1v) is 8.82. The molecular weight excluding hydrogens is 282 g/mol. The minimum absolute atomic E-state index is 0.0273. The van der Waals surface area contributed by atoms with Gasteiger partial charge in [-0.05, 0) is 25.7 Å². The molecule has 0 amide bonds. The Balaban J connectivity index is 2.08. The Morgan fingerprint density at radius 3 is 2.50 bits per heavy atom. The number of nitrogens with zero attached hydrogens (tertiary/aromatic N) is 1. The minimum Gasteiger partial charge on any atom is -0.468 e. The normalized spacial score (nSPS) is 24.4. The van der Waals surface area contributed by atoms with Gasteiger partial charge < -0.3 is 9.47 Å². The molecule has 1 saturated carbocycles. The maximum Gasteiger partial charge on any atom is 0.321 e. The summed E-state index contributed by atoms with van der Waals surface area (Å²) in [7, 11) is -2.21. The van der Waals surface area contributed by atoms with Crippen molar-refractivity contribution >= 4 is 16.0 Å². The van der Waals surface area contributed by atoms with Gasteiger partial charge in [0.15, 0.2) is 0 Å². The van der Waals surface area contributed by atoms with Gasteiger partial charge in [-0.2, -0.15) is 4.31 Å². The molecule has 116 valence electrons. The summed E-state index contributed by atoms with van der Waals surface area (Å²) in [4.78, 5) is 11.5. The summed E-state index contributed by atoms with van der Waals surface area (Å²) in [5.74, 6) is -0.534. The number of esters is 1. The largest absolute Gasteiger partial charge is 0.468 e. The number of ether oxygens (including phenoxy) is 2. The van der Waals surface area contributed by atoms with Crippen LogP contribution in [-0.2, 0) is 24.3 Å². The van der Waals surface area contributed by atoms with E-state index in [2.05, 4.69) is 4.74 Å². The minimum atomic E-state index is -3.49. The fraction of sp³-hybridized carbons (Fsp3) is 0.923. The molecular formula is C13H23NO5S. The standard InChI is InChI=1S/C13H23NO5S/c1-18-13(15)9-14(11-5-2-3-6-11)20(16,17)10-12-7-4-8-19-12/h11-12H,2-10H2,1H3. The molecule has 2 rings (SSSR count). The molecule has 1 aliphatic carbocycles. The summed E-state index contributed by atoms with van der Waals surface area (Å²) in [6.07, 6.45) is 5.11. The molecule has 0 aromatic carbocycles. The molecule has 0 spiro atoms. The topological polar surface area (TPSA) is 72.9 Å². The van der Waals surface area contributed by atoms with E-state index in [9.17, 15) is 13.2 Å². The molecule has 0 aromatic rings. The molecule has 2 aliphatic rings. The van der Waals surface area contributed by atoms with Crippen molar-refractivity contribution in [3.8, 4) is 0 Å². The fourth-order valence-corrected chi connectivity index (χ4v) is 4.84. The van der Waals surface area contributed by atoms with Gasteiger partial charge in [-0.25, -0.2) is 8.42 Å². The van der Waals surface area contributed by atoms with Crippen LogP contribution in [0.3, 0.4) is 0 Å². The zero-order chi connectivity index (χ0) is 14.6. The van der Waals surface area contributed by atoms with Crippen LogP contribution in [0.25, 0.3) is 0 Å². The lowest BCUT2D eigenvalue weighted by molar-refractivity contribution is -0.141. The lowest BCUT2D eigenvalue weighted by atomic mass is 10.2. The van der Waals surface area contributed by atoms with Crippen molar-refractivity contribution in [2.75, 3.05) is 26.0 Å². The van der Waals surface area contributed by atoms with Crippen molar-refractivity contribution in [1.82, 2.24) is 4.31 Å². The second-order valence-electron chi connectivity index (χ2n) is 5.47. The Kier molecular flexibility index (Phi) is 5.40. The molecule has 0 radical (unpaired) electrons. The van der Waals surface area contributed by atoms with Crippen LogP contribution in [0.15, 0.2) is 0 Å². The highest BCUT2D eigenvalue weighted by molar-refractivity contribution is 7.89. The second-order valence-corrected chi connectivity index (χ2v) is 7.44. The Bertz CT molecular complexity index is 424. The lowest BCUT2D eigenvalue weighted by Crippen LogP contribution is -2.45. The number of carbonyl (C=O) groups excluding carboxylic acids is 1. The van der Waals surface area contributed by atoms with Crippen molar-refractivity contribution in [3.05, 3.63) is 0 Å². The molecule has 0 aromatic heterocycles. The van der Waals surface area contributed by atoms with E-state index in [1.165, 1.54) is 11.4 Å². The van der Waals surface area contributed by atoms with Gasteiger partial charge in [0, 0.05) is 12.6 Å². The number of rotatable bonds is 6. The van der Waals surface area contributed by atoms with E-state index in [0.29, 0.717) is 6.61 Å².